The first-order valence-electron chi connectivity index (χ1n) is 3.46. The van der Waals surface area contributed by atoms with Crippen LogP contribution in [0.25, 0.3) is 0 Å². The Balaban J connectivity index is 3.97. The molecule has 0 rings (SSSR count). The second-order valence-electron chi connectivity index (χ2n) is 2.43. The van der Waals surface area contributed by atoms with Crippen molar-refractivity contribution in [3.63, 3.8) is 0 Å². The molecule has 0 unspecified atom stereocenters. The van der Waals surface area contributed by atoms with E-state index in [1.165, 1.54) is 7.05 Å². The third-order valence-electron chi connectivity index (χ3n) is 1.30. The molecule has 0 saturated carbocycles. The van der Waals surface area contributed by atoms with Gasteiger partial charge in [-0.2, -0.15) is 0 Å². The Morgan fingerprint density at radius 2 is 2.23 bits per heavy atom. The zero-order valence-corrected chi connectivity index (χ0v) is 7.07. The van der Waals surface area contributed by atoms with Crippen LogP contribution in [0.4, 0.5) is 8.78 Å². The average molecular weight is 195 g/mol. The third kappa shape index (κ3) is 4.94. The van der Waals surface area contributed by atoms with E-state index in [1.54, 1.807) is 0 Å². The number of rotatable bonds is 4. The molecule has 13 heavy (non-hydrogen) atoms. The van der Waals surface area contributed by atoms with Crippen LogP contribution in [0.5, 0.6) is 0 Å². The van der Waals surface area contributed by atoms with Crippen LogP contribution < -0.4 is 5.73 Å². The van der Waals surface area contributed by atoms with Gasteiger partial charge in [0.25, 0.3) is 6.43 Å². The highest BCUT2D eigenvalue weighted by Crippen LogP contribution is 1.98. The molecule has 1 amide bonds. The van der Waals surface area contributed by atoms with E-state index < -0.39 is 18.9 Å². The summed E-state index contributed by atoms with van der Waals surface area (Å²) in [6.07, 6.45) is -2.94. The maximum absolute atomic E-state index is 11.8. The number of nitrogens with zero attached hydrogens (tertiary/aromatic N) is 2. The Morgan fingerprint density at radius 1 is 1.69 bits per heavy atom. The molecule has 5 nitrogen and oxygen atoms in total. The summed E-state index contributed by atoms with van der Waals surface area (Å²) in [6, 6.07) is 0. The minimum Gasteiger partial charge on any atom is -0.409 e. The molecule has 0 saturated heterocycles. The largest absolute Gasteiger partial charge is 0.409 e. The molecule has 0 aromatic heterocycles. The van der Waals surface area contributed by atoms with Crippen LogP contribution in [0, 0.1) is 0 Å². The average Bonchev–Trinajstić information content (AvgIpc) is 2.02. The summed E-state index contributed by atoms with van der Waals surface area (Å²) in [5, 5.41) is 10.6. The summed E-state index contributed by atoms with van der Waals surface area (Å²) < 4.78 is 23.5. The molecule has 76 valence electrons. The molecule has 0 fully saturated rings. The monoisotopic (exact) mass is 195 g/mol. The van der Waals surface area contributed by atoms with Crippen molar-refractivity contribution in [3.05, 3.63) is 0 Å². The van der Waals surface area contributed by atoms with Crippen LogP contribution in [0.2, 0.25) is 0 Å². The second-order valence-corrected chi connectivity index (χ2v) is 2.43. The molecule has 0 aliphatic rings. The van der Waals surface area contributed by atoms with Gasteiger partial charge >= 0.3 is 0 Å². The van der Waals surface area contributed by atoms with E-state index in [0.717, 1.165) is 4.90 Å². The second kappa shape index (κ2) is 5.28. The predicted molar refractivity (Wildman–Crippen MR) is 41.7 cm³/mol. The van der Waals surface area contributed by atoms with Crippen LogP contribution in [0.3, 0.4) is 0 Å². The number of nitrogens with two attached hydrogens (primary N) is 1. The van der Waals surface area contributed by atoms with Crippen molar-refractivity contribution in [2.45, 2.75) is 12.8 Å². The van der Waals surface area contributed by atoms with Gasteiger partial charge in [-0.1, -0.05) is 5.16 Å². The van der Waals surface area contributed by atoms with Crippen molar-refractivity contribution in [1.82, 2.24) is 4.90 Å². The fraction of sp³-hybridized carbons (Fsp3) is 0.667. The van der Waals surface area contributed by atoms with E-state index in [-0.39, 0.29) is 12.3 Å². The minimum absolute atomic E-state index is 0.300. The van der Waals surface area contributed by atoms with Gasteiger partial charge in [-0.15, -0.1) is 0 Å². The van der Waals surface area contributed by atoms with E-state index in [9.17, 15) is 13.6 Å². The lowest BCUT2D eigenvalue weighted by Crippen LogP contribution is -2.34. The molecule has 0 aromatic carbocycles. The fourth-order valence-corrected chi connectivity index (χ4v) is 0.634. The highest BCUT2D eigenvalue weighted by molar-refractivity contribution is 5.98. The molecule has 0 aromatic rings. The zero-order chi connectivity index (χ0) is 10.4. The molecule has 0 atom stereocenters. The molecule has 0 radical (unpaired) electrons. The van der Waals surface area contributed by atoms with Crippen molar-refractivity contribution in [2.24, 2.45) is 10.9 Å². The van der Waals surface area contributed by atoms with Crippen LogP contribution >= 0.6 is 0 Å². The Bertz CT molecular complexity index is 208. The van der Waals surface area contributed by atoms with Crippen molar-refractivity contribution in [2.75, 3.05) is 13.6 Å². The molecule has 0 heterocycles. The maximum Gasteiger partial charge on any atom is 0.255 e. The summed E-state index contributed by atoms with van der Waals surface area (Å²) in [7, 11) is 1.22. The van der Waals surface area contributed by atoms with Crippen LogP contribution in [0.1, 0.15) is 6.42 Å². The van der Waals surface area contributed by atoms with Gasteiger partial charge in [0.2, 0.25) is 5.91 Å². The van der Waals surface area contributed by atoms with Crippen molar-refractivity contribution < 1.29 is 18.8 Å². The lowest BCUT2D eigenvalue weighted by Gasteiger charge is -2.15. The summed E-state index contributed by atoms with van der Waals surface area (Å²) in [6.45, 7) is -0.655. The first-order chi connectivity index (χ1) is 5.97. The standard InChI is InChI=1S/C6H11F2N3O2/c1-11(3-4(7)8)6(12)2-5(9)10-13/h4,13H,2-3H2,1H3,(H2,9,10). The van der Waals surface area contributed by atoms with E-state index >= 15 is 0 Å². The lowest BCUT2D eigenvalue weighted by molar-refractivity contribution is -0.130. The van der Waals surface area contributed by atoms with Crippen LogP contribution in [-0.2, 0) is 4.79 Å². The SMILES string of the molecule is CN(CC(F)F)C(=O)CC(N)=NO. The van der Waals surface area contributed by atoms with Gasteiger partial charge in [-0.25, -0.2) is 8.78 Å². The highest BCUT2D eigenvalue weighted by Gasteiger charge is 2.14. The Kier molecular flexibility index (Phi) is 4.71. The van der Waals surface area contributed by atoms with Gasteiger partial charge < -0.3 is 15.8 Å². The normalized spacial score (nSPS) is 11.8. The first-order valence-corrected chi connectivity index (χ1v) is 3.46. The number of carbonyl (C=O) groups excluding carboxylic acids is 1. The van der Waals surface area contributed by atoms with Crippen molar-refractivity contribution >= 4 is 11.7 Å². The van der Waals surface area contributed by atoms with E-state index in [2.05, 4.69) is 5.16 Å². The van der Waals surface area contributed by atoms with E-state index in [0.29, 0.717) is 0 Å². The number of hydrogen-bond donors (Lipinski definition) is 2. The highest BCUT2D eigenvalue weighted by atomic mass is 19.3. The fourth-order valence-electron chi connectivity index (χ4n) is 0.634. The van der Waals surface area contributed by atoms with E-state index in [4.69, 9.17) is 10.9 Å². The summed E-state index contributed by atoms with van der Waals surface area (Å²) in [4.78, 5) is 11.8. The molecule has 7 heteroatoms. The van der Waals surface area contributed by atoms with E-state index in [1.807, 2.05) is 0 Å². The van der Waals surface area contributed by atoms with Gasteiger partial charge in [-0.3, -0.25) is 4.79 Å². The molecule has 0 aliphatic heterocycles. The van der Waals surface area contributed by atoms with Crippen molar-refractivity contribution in [3.8, 4) is 0 Å². The van der Waals surface area contributed by atoms with Crippen LogP contribution in [-0.4, -0.2) is 41.9 Å². The van der Waals surface area contributed by atoms with Gasteiger partial charge in [0, 0.05) is 7.05 Å². The number of oxime groups is 1. The number of alkyl halides is 2. The summed E-state index contributed by atoms with van der Waals surface area (Å²) >= 11 is 0. The van der Waals surface area contributed by atoms with Gasteiger partial charge in [-0.05, 0) is 0 Å². The maximum atomic E-state index is 11.8. The first kappa shape index (κ1) is 11.6. The van der Waals surface area contributed by atoms with Crippen LogP contribution in [0.15, 0.2) is 5.16 Å². The van der Waals surface area contributed by atoms with Gasteiger partial charge in [0.15, 0.2) is 0 Å². The number of amidine groups is 1. The van der Waals surface area contributed by atoms with Gasteiger partial charge in [0.1, 0.15) is 5.84 Å². The number of carbonyl (C=O) groups is 1. The predicted octanol–water partition coefficient (Wildman–Crippen LogP) is -0.154. The minimum atomic E-state index is -2.58. The van der Waals surface area contributed by atoms with Gasteiger partial charge in [0.05, 0.1) is 13.0 Å². The topological polar surface area (TPSA) is 78.9 Å². The Morgan fingerprint density at radius 3 is 2.62 bits per heavy atom. The smallest absolute Gasteiger partial charge is 0.255 e. The van der Waals surface area contributed by atoms with Crippen molar-refractivity contribution in [1.29, 1.82) is 0 Å². The number of halogens is 2. The summed E-state index contributed by atoms with van der Waals surface area (Å²) in [5.74, 6) is -0.915. The summed E-state index contributed by atoms with van der Waals surface area (Å²) in [5.41, 5.74) is 5.01. The Labute approximate surface area is 73.8 Å². The molecule has 3 N–H and O–H groups in total. The quantitative estimate of drug-likeness (QED) is 0.283. The molecule has 0 bridgehead atoms. The molecular weight excluding hydrogens is 184 g/mol. The Hall–Kier alpha value is -1.40. The zero-order valence-electron chi connectivity index (χ0n) is 7.07. The molecule has 0 aliphatic carbocycles. The molecule has 0 spiro atoms. The molecular formula is C6H11F2N3O2. The lowest BCUT2D eigenvalue weighted by atomic mass is 10.3. The number of hydrogen-bond acceptors (Lipinski definition) is 3. The number of amides is 1. The third-order valence-corrected chi connectivity index (χ3v) is 1.30.